The third-order valence-electron chi connectivity index (χ3n) is 4.86. The lowest BCUT2D eigenvalue weighted by molar-refractivity contribution is -0.0627. The van der Waals surface area contributed by atoms with Crippen LogP contribution in [0.25, 0.3) is 10.9 Å². The van der Waals surface area contributed by atoms with Crippen molar-refractivity contribution in [2.45, 2.75) is 30.9 Å². The van der Waals surface area contributed by atoms with Crippen molar-refractivity contribution in [3.8, 4) is 0 Å². The molecule has 4 rings (SSSR count). The number of hydrogen-bond donors (Lipinski definition) is 4. The van der Waals surface area contributed by atoms with E-state index < -0.39 is 11.6 Å². The van der Waals surface area contributed by atoms with Gasteiger partial charge in [-0.05, 0) is 43.0 Å². The fourth-order valence-electron chi connectivity index (χ4n) is 3.32. The fourth-order valence-corrected chi connectivity index (χ4v) is 3.32. The van der Waals surface area contributed by atoms with Crippen molar-refractivity contribution in [2.24, 2.45) is 0 Å². The van der Waals surface area contributed by atoms with Crippen LogP contribution < -0.4 is 10.6 Å². The molecule has 6 nitrogen and oxygen atoms in total. The van der Waals surface area contributed by atoms with Crippen LogP contribution >= 0.6 is 0 Å². The van der Waals surface area contributed by atoms with Gasteiger partial charge in [0.2, 0.25) is 0 Å². The van der Waals surface area contributed by atoms with Crippen molar-refractivity contribution >= 4 is 22.6 Å². The zero-order valence-corrected chi connectivity index (χ0v) is 13.7. The number of nitrogens with one attached hydrogen (secondary N) is 3. The van der Waals surface area contributed by atoms with E-state index in [0.29, 0.717) is 18.5 Å². The Balaban J connectivity index is 1.52. The van der Waals surface area contributed by atoms with Gasteiger partial charge in [-0.3, -0.25) is 5.10 Å². The van der Waals surface area contributed by atoms with Crippen LogP contribution in [0.15, 0.2) is 54.7 Å². The van der Waals surface area contributed by atoms with Gasteiger partial charge < -0.3 is 15.7 Å². The van der Waals surface area contributed by atoms with Gasteiger partial charge in [0.1, 0.15) is 0 Å². The number of carbonyl (C=O) groups is 1. The Morgan fingerprint density at radius 3 is 2.72 bits per heavy atom. The molecule has 128 valence electrons. The summed E-state index contributed by atoms with van der Waals surface area (Å²) in [5.41, 5.74) is 1.62. The summed E-state index contributed by atoms with van der Waals surface area (Å²) in [6.45, 7) is 0. The van der Waals surface area contributed by atoms with Gasteiger partial charge in [-0.25, -0.2) is 4.79 Å². The third-order valence-corrected chi connectivity index (χ3v) is 4.86. The quantitative estimate of drug-likeness (QED) is 0.589. The van der Waals surface area contributed by atoms with Gasteiger partial charge in [-0.2, -0.15) is 5.10 Å². The Morgan fingerprint density at radius 1 is 1.20 bits per heavy atom. The smallest absolute Gasteiger partial charge is 0.319 e. The van der Waals surface area contributed by atoms with E-state index >= 15 is 0 Å². The number of aliphatic hydroxyl groups is 1. The minimum atomic E-state index is -0.882. The van der Waals surface area contributed by atoms with E-state index in [1.54, 1.807) is 6.20 Å². The first kappa shape index (κ1) is 15.7. The highest BCUT2D eigenvalue weighted by molar-refractivity contribution is 5.92. The Morgan fingerprint density at radius 2 is 2.00 bits per heavy atom. The van der Waals surface area contributed by atoms with Crippen molar-refractivity contribution in [3.63, 3.8) is 0 Å². The molecule has 1 saturated carbocycles. The first-order valence-corrected chi connectivity index (χ1v) is 8.42. The number of fused-ring (bicyclic) bond motifs is 1. The molecule has 6 heteroatoms. The van der Waals surface area contributed by atoms with E-state index in [4.69, 9.17) is 0 Å². The second kappa shape index (κ2) is 6.22. The predicted molar refractivity (Wildman–Crippen MR) is 96.2 cm³/mol. The minimum absolute atomic E-state index is 0.336. The summed E-state index contributed by atoms with van der Waals surface area (Å²) in [4.78, 5) is 12.5. The highest BCUT2D eigenvalue weighted by Gasteiger charge is 2.43. The molecule has 3 aromatic rings. The number of benzene rings is 2. The fraction of sp³-hybridized carbons (Fsp3) is 0.263. The highest BCUT2D eigenvalue weighted by atomic mass is 16.3. The molecule has 0 radical (unpaired) electrons. The molecule has 2 amide bonds. The van der Waals surface area contributed by atoms with E-state index in [0.717, 1.165) is 22.9 Å². The molecule has 1 aliphatic rings. The first-order valence-electron chi connectivity index (χ1n) is 8.42. The number of anilines is 1. The van der Waals surface area contributed by atoms with Crippen LogP contribution in [0.3, 0.4) is 0 Å². The molecule has 2 aromatic carbocycles. The van der Waals surface area contributed by atoms with E-state index in [9.17, 15) is 9.90 Å². The normalized spacial score (nSPS) is 16.8. The number of H-pyrrole nitrogens is 1. The first-order chi connectivity index (χ1) is 12.1. The van der Waals surface area contributed by atoms with Crippen LogP contribution in [0.1, 0.15) is 30.9 Å². The van der Waals surface area contributed by atoms with Gasteiger partial charge in [-0.15, -0.1) is 0 Å². The molecule has 0 saturated heterocycles. The standard InChI is InChI=1S/C19H20N4O2/c24-18(21-15-7-8-16-14(11-15)12-20-23-16)22-17(19(25)9-4-10-19)13-5-2-1-3-6-13/h1-3,5-8,11-12,17,25H,4,9-10H2,(H,20,23)(H2,21,22,24). The number of urea groups is 1. The molecule has 1 fully saturated rings. The van der Waals surface area contributed by atoms with Gasteiger partial charge in [0.05, 0.1) is 23.4 Å². The summed E-state index contributed by atoms with van der Waals surface area (Å²) in [7, 11) is 0. The van der Waals surface area contributed by atoms with Crippen molar-refractivity contribution in [1.29, 1.82) is 0 Å². The van der Waals surface area contributed by atoms with Crippen LogP contribution in [0.4, 0.5) is 10.5 Å². The largest absolute Gasteiger partial charge is 0.387 e. The summed E-state index contributed by atoms with van der Waals surface area (Å²) in [5, 5.41) is 24.4. The second-order valence-corrected chi connectivity index (χ2v) is 6.57. The summed E-state index contributed by atoms with van der Waals surface area (Å²) in [6, 6.07) is 14.4. The Bertz CT molecular complexity index is 887. The lowest BCUT2D eigenvalue weighted by atomic mass is 9.72. The molecule has 0 spiro atoms. The summed E-state index contributed by atoms with van der Waals surface area (Å²) >= 11 is 0. The van der Waals surface area contributed by atoms with Gasteiger partial charge in [0, 0.05) is 11.1 Å². The maximum Gasteiger partial charge on any atom is 0.319 e. The number of carbonyl (C=O) groups excluding carboxylic acids is 1. The zero-order valence-electron chi connectivity index (χ0n) is 13.7. The average molecular weight is 336 g/mol. The van der Waals surface area contributed by atoms with Crippen LogP contribution in [0.2, 0.25) is 0 Å². The number of amides is 2. The highest BCUT2D eigenvalue weighted by Crippen LogP contribution is 2.42. The van der Waals surface area contributed by atoms with Crippen molar-refractivity contribution in [1.82, 2.24) is 15.5 Å². The Hall–Kier alpha value is -2.86. The Kier molecular flexibility index (Phi) is 3.89. The van der Waals surface area contributed by atoms with Crippen LogP contribution in [-0.2, 0) is 0 Å². The van der Waals surface area contributed by atoms with Gasteiger partial charge in [0.25, 0.3) is 0 Å². The van der Waals surface area contributed by atoms with Gasteiger partial charge in [0.15, 0.2) is 0 Å². The lowest BCUT2D eigenvalue weighted by Crippen LogP contribution is -2.51. The molecule has 25 heavy (non-hydrogen) atoms. The molecule has 1 atom stereocenters. The molecular formula is C19H20N4O2. The maximum atomic E-state index is 12.5. The van der Waals surface area contributed by atoms with Crippen molar-refractivity contribution in [3.05, 3.63) is 60.3 Å². The maximum absolute atomic E-state index is 12.5. The zero-order chi connectivity index (χ0) is 17.3. The molecule has 1 aliphatic carbocycles. The molecule has 0 bridgehead atoms. The molecule has 1 aromatic heterocycles. The van der Waals surface area contributed by atoms with E-state index in [-0.39, 0.29) is 6.03 Å². The van der Waals surface area contributed by atoms with Crippen molar-refractivity contribution in [2.75, 3.05) is 5.32 Å². The number of aromatic nitrogens is 2. The SMILES string of the molecule is O=C(Nc1ccc2[nH]ncc2c1)NC(c1ccccc1)C1(O)CCC1. The predicted octanol–water partition coefficient (Wildman–Crippen LogP) is 3.34. The number of rotatable bonds is 4. The number of hydrogen-bond acceptors (Lipinski definition) is 3. The summed E-state index contributed by atoms with van der Waals surface area (Å²) in [6.07, 6.45) is 4.06. The lowest BCUT2D eigenvalue weighted by Gasteiger charge is -2.43. The average Bonchev–Trinajstić information content (AvgIpc) is 3.06. The van der Waals surface area contributed by atoms with E-state index in [1.165, 1.54) is 0 Å². The van der Waals surface area contributed by atoms with Crippen molar-refractivity contribution < 1.29 is 9.90 Å². The van der Waals surface area contributed by atoms with E-state index in [1.807, 2.05) is 48.5 Å². The monoisotopic (exact) mass is 336 g/mol. The number of aromatic amines is 1. The second-order valence-electron chi connectivity index (χ2n) is 6.57. The Labute approximate surface area is 145 Å². The molecule has 1 unspecified atom stereocenters. The topological polar surface area (TPSA) is 90.0 Å². The molecule has 0 aliphatic heterocycles. The molecular weight excluding hydrogens is 316 g/mol. The third kappa shape index (κ3) is 3.08. The summed E-state index contributed by atoms with van der Waals surface area (Å²) in [5.74, 6) is 0. The minimum Gasteiger partial charge on any atom is -0.387 e. The molecule has 1 heterocycles. The van der Waals surface area contributed by atoms with Gasteiger partial charge >= 0.3 is 6.03 Å². The van der Waals surface area contributed by atoms with E-state index in [2.05, 4.69) is 20.8 Å². The van der Waals surface area contributed by atoms with Gasteiger partial charge in [-0.1, -0.05) is 30.3 Å². The van der Waals surface area contributed by atoms with Crippen LogP contribution in [-0.4, -0.2) is 26.9 Å². The summed E-state index contributed by atoms with van der Waals surface area (Å²) < 4.78 is 0. The van der Waals surface area contributed by atoms with Crippen LogP contribution in [0.5, 0.6) is 0 Å². The molecule has 4 N–H and O–H groups in total. The number of nitrogens with zero attached hydrogens (tertiary/aromatic N) is 1. The van der Waals surface area contributed by atoms with Crippen LogP contribution in [0, 0.1) is 0 Å².